The van der Waals surface area contributed by atoms with Gasteiger partial charge in [0.15, 0.2) is 0 Å². The monoisotopic (exact) mass is 243 g/mol. The standard InChI is InChI=1S/C10H10ClN3.ClH/c1-6-9(13-14-10(6)12)7-4-2-3-5-8(7)11;/h2-5H,1H3,(H3,12,13,14);1H. The van der Waals surface area contributed by atoms with E-state index in [4.69, 9.17) is 17.3 Å². The van der Waals surface area contributed by atoms with Gasteiger partial charge in [-0.3, -0.25) is 5.10 Å². The van der Waals surface area contributed by atoms with Crippen LogP contribution in [0.2, 0.25) is 5.02 Å². The number of halogens is 2. The number of hydrogen-bond donors (Lipinski definition) is 2. The summed E-state index contributed by atoms with van der Waals surface area (Å²) in [7, 11) is 0. The van der Waals surface area contributed by atoms with E-state index in [0.29, 0.717) is 10.8 Å². The lowest BCUT2D eigenvalue weighted by Gasteiger charge is -2.01. The first-order valence-electron chi connectivity index (χ1n) is 4.25. The van der Waals surface area contributed by atoms with Crippen LogP contribution in [0.5, 0.6) is 0 Å². The number of nitrogens with one attached hydrogen (secondary N) is 1. The fourth-order valence-electron chi connectivity index (χ4n) is 1.34. The van der Waals surface area contributed by atoms with Crippen LogP contribution in [-0.4, -0.2) is 10.2 Å². The van der Waals surface area contributed by atoms with E-state index < -0.39 is 0 Å². The molecule has 0 aliphatic heterocycles. The number of nitrogens with two attached hydrogens (primary N) is 1. The van der Waals surface area contributed by atoms with Gasteiger partial charge in [0.2, 0.25) is 0 Å². The fraction of sp³-hybridized carbons (Fsp3) is 0.100. The first kappa shape index (κ1) is 11.9. The first-order valence-corrected chi connectivity index (χ1v) is 4.63. The third-order valence-electron chi connectivity index (χ3n) is 2.19. The Balaban J connectivity index is 0.00000112. The van der Waals surface area contributed by atoms with Crippen LogP contribution in [0.25, 0.3) is 11.3 Å². The van der Waals surface area contributed by atoms with Crippen LogP contribution in [0.4, 0.5) is 5.82 Å². The summed E-state index contributed by atoms with van der Waals surface area (Å²) in [5.74, 6) is 0.514. The molecule has 3 N–H and O–H groups in total. The lowest BCUT2D eigenvalue weighted by molar-refractivity contribution is 1.10. The predicted molar refractivity (Wildman–Crippen MR) is 65.4 cm³/mol. The zero-order chi connectivity index (χ0) is 10.1. The van der Waals surface area contributed by atoms with Crippen molar-refractivity contribution in [3.05, 3.63) is 34.9 Å². The molecule has 0 spiro atoms. The molecule has 1 aromatic carbocycles. The number of H-pyrrole nitrogens is 1. The SMILES string of the molecule is Cc1c(N)n[nH]c1-c1ccccc1Cl.Cl. The summed E-state index contributed by atoms with van der Waals surface area (Å²) in [6, 6.07) is 7.59. The molecule has 1 aromatic heterocycles. The average molecular weight is 244 g/mol. The van der Waals surface area contributed by atoms with Gasteiger partial charge in [-0.2, -0.15) is 5.10 Å². The maximum absolute atomic E-state index is 6.05. The van der Waals surface area contributed by atoms with E-state index in [1.807, 2.05) is 31.2 Å². The highest BCUT2D eigenvalue weighted by Gasteiger charge is 2.10. The Labute approximate surface area is 99.0 Å². The highest BCUT2D eigenvalue weighted by atomic mass is 35.5. The summed E-state index contributed by atoms with van der Waals surface area (Å²) in [6.45, 7) is 1.91. The minimum Gasteiger partial charge on any atom is -0.382 e. The predicted octanol–water partition coefficient (Wildman–Crippen LogP) is 3.04. The molecule has 0 radical (unpaired) electrons. The van der Waals surface area contributed by atoms with Crippen molar-refractivity contribution in [3.63, 3.8) is 0 Å². The molecule has 5 heteroatoms. The van der Waals surface area contributed by atoms with Crippen molar-refractivity contribution in [3.8, 4) is 11.3 Å². The number of rotatable bonds is 1. The number of aromatic nitrogens is 2. The van der Waals surface area contributed by atoms with Gasteiger partial charge in [0.1, 0.15) is 5.82 Å². The second-order valence-corrected chi connectivity index (χ2v) is 3.50. The first-order chi connectivity index (χ1) is 6.70. The lowest BCUT2D eigenvalue weighted by atomic mass is 10.1. The van der Waals surface area contributed by atoms with Gasteiger partial charge < -0.3 is 5.73 Å². The van der Waals surface area contributed by atoms with Crippen molar-refractivity contribution in [2.24, 2.45) is 0 Å². The number of nitrogen functional groups attached to an aromatic ring is 1. The molecule has 3 nitrogen and oxygen atoms in total. The van der Waals surface area contributed by atoms with Gasteiger partial charge in [-0.1, -0.05) is 29.8 Å². The van der Waals surface area contributed by atoms with Crippen LogP contribution < -0.4 is 5.73 Å². The van der Waals surface area contributed by atoms with E-state index in [0.717, 1.165) is 16.8 Å². The second-order valence-electron chi connectivity index (χ2n) is 3.09. The molecular formula is C10H11Cl2N3. The van der Waals surface area contributed by atoms with Gasteiger partial charge in [0.25, 0.3) is 0 Å². The Hall–Kier alpha value is -1.19. The van der Waals surface area contributed by atoms with Crippen molar-refractivity contribution in [1.29, 1.82) is 0 Å². The van der Waals surface area contributed by atoms with Gasteiger partial charge in [0.05, 0.1) is 5.69 Å². The van der Waals surface area contributed by atoms with Crippen LogP contribution >= 0.6 is 24.0 Å². The van der Waals surface area contributed by atoms with Gasteiger partial charge >= 0.3 is 0 Å². The molecule has 0 saturated heterocycles. The molecule has 0 atom stereocenters. The van der Waals surface area contributed by atoms with E-state index >= 15 is 0 Å². The Morgan fingerprint density at radius 1 is 1.33 bits per heavy atom. The molecule has 80 valence electrons. The van der Waals surface area contributed by atoms with Crippen LogP contribution in [0.15, 0.2) is 24.3 Å². The van der Waals surface area contributed by atoms with Crippen molar-refractivity contribution in [2.75, 3.05) is 5.73 Å². The zero-order valence-electron chi connectivity index (χ0n) is 8.12. The molecule has 0 aliphatic carbocycles. The molecule has 0 amide bonds. The van der Waals surface area contributed by atoms with Gasteiger partial charge in [-0.25, -0.2) is 0 Å². The smallest absolute Gasteiger partial charge is 0.148 e. The minimum absolute atomic E-state index is 0. The largest absolute Gasteiger partial charge is 0.382 e. The molecule has 0 bridgehead atoms. The molecule has 2 rings (SSSR count). The van der Waals surface area contributed by atoms with Crippen LogP contribution in [0.3, 0.4) is 0 Å². The van der Waals surface area contributed by atoms with Crippen molar-refractivity contribution in [2.45, 2.75) is 6.92 Å². The highest BCUT2D eigenvalue weighted by molar-refractivity contribution is 6.33. The topological polar surface area (TPSA) is 54.7 Å². The maximum Gasteiger partial charge on any atom is 0.148 e. The number of anilines is 1. The Bertz CT molecular complexity index is 465. The summed E-state index contributed by atoms with van der Waals surface area (Å²) in [5, 5.41) is 7.49. The van der Waals surface area contributed by atoms with E-state index in [1.165, 1.54) is 0 Å². The van der Waals surface area contributed by atoms with Gasteiger partial charge in [-0.15, -0.1) is 12.4 Å². The highest BCUT2D eigenvalue weighted by Crippen LogP contribution is 2.29. The quantitative estimate of drug-likeness (QED) is 0.809. The Morgan fingerprint density at radius 2 is 2.00 bits per heavy atom. The number of benzene rings is 1. The molecule has 0 aliphatic rings. The maximum atomic E-state index is 6.05. The Morgan fingerprint density at radius 3 is 2.53 bits per heavy atom. The summed E-state index contributed by atoms with van der Waals surface area (Å²) in [6.07, 6.45) is 0. The molecule has 2 aromatic rings. The summed E-state index contributed by atoms with van der Waals surface area (Å²) in [4.78, 5) is 0. The van der Waals surface area contributed by atoms with E-state index in [-0.39, 0.29) is 12.4 Å². The van der Waals surface area contributed by atoms with Gasteiger partial charge in [0, 0.05) is 16.1 Å². The third kappa shape index (κ3) is 2.08. The minimum atomic E-state index is 0. The summed E-state index contributed by atoms with van der Waals surface area (Å²) >= 11 is 6.05. The second kappa shape index (κ2) is 4.55. The third-order valence-corrected chi connectivity index (χ3v) is 2.52. The van der Waals surface area contributed by atoms with Crippen molar-refractivity contribution in [1.82, 2.24) is 10.2 Å². The molecule has 0 fully saturated rings. The molecule has 1 heterocycles. The molecular weight excluding hydrogens is 233 g/mol. The molecule has 0 unspecified atom stereocenters. The number of aromatic amines is 1. The Kier molecular flexibility index (Phi) is 3.61. The number of hydrogen-bond acceptors (Lipinski definition) is 2. The fourth-order valence-corrected chi connectivity index (χ4v) is 1.57. The van der Waals surface area contributed by atoms with Gasteiger partial charge in [-0.05, 0) is 13.0 Å². The average Bonchev–Trinajstić information content (AvgIpc) is 2.49. The normalized spacial score (nSPS) is 9.73. The van der Waals surface area contributed by atoms with E-state index in [2.05, 4.69) is 10.2 Å². The van der Waals surface area contributed by atoms with Crippen LogP contribution in [-0.2, 0) is 0 Å². The van der Waals surface area contributed by atoms with E-state index in [1.54, 1.807) is 0 Å². The van der Waals surface area contributed by atoms with Crippen molar-refractivity contribution >= 4 is 29.8 Å². The van der Waals surface area contributed by atoms with E-state index in [9.17, 15) is 0 Å². The van der Waals surface area contributed by atoms with Crippen LogP contribution in [0.1, 0.15) is 5.56 Å². The lowest BCUT2D eigenvalue weighted by Crippen LogP contribution is -1.86. The zero-order valence-corrected chi connectivity index (χ0v) is 9.69. The summed E-state index contributed by atoms with van der Waals surface area (Å²) in [5.41, 5.74) is 8.38. The van der Waals surface area contributed by atoms with Crippen LogP contribution in [0, 0.1) is 6.92 Å². The molecule has 0 saturated carbocycles. The molecule has 15 heavy (non-hydrogen) atoms. The van der Waals surface area contributed by atoms with Crippen molar-refractivity contribution < 1.29 is 0 Å². The number of nitrogens with zero attached hydrogens (tertiary/aromatic N) is 1. The summed E-state index contributed by atoms with van der Waals surface area (Å²) < 4.78 is 0.